The molecule has 1 aliphatic heterocycles. The summed E-state index contributed by atoms with van der Waals surface area (Å²) in [5.74, 6) is 0.705. The van der Waals surface area contributed by atoms with E-state index in [-0.39, 0.29) is 18.6 Å². The van der Waals surface area contributed by atoms with Gasteiger partial charge in [0.05, 0.1) is 5.92 Å². The van der Waals surface area contributed by atoms with E-state index in [4.69, 9.17) is 5.11 Å². The van der Waals surface area contributed by atoms with Crippen LogP contribution in [-0.2, 0) is 4.79 Å². The topological polar surface area (TPSA) is 69.6 Å². The number of hydrogen-bond donors (Lipinski definition) is 2. The number of hydrogen-bond acceptors (Lipinski definition) is 3. The van der Waals surface area contributed by atoms with Crippen LogP contribution >= 0.6 is 11.8 Å². The van der Waals surface area contributed by atoms with Crippen molar-refractivity contribution in [2.24, 2.45) is 5.92 Å². The minimum Gasteiger partial charge on any atom is -0.481 e. The molecule has 0 spiro atoms. The van der Waals surface area contributed by atoms with Crippen LogP contribution in [0.3, 0.4) is 0 Å². The molecule has 98 valence electrons. The van der Waals surface area contributed by atoms with Crippen molar-refractivity contribution in [2.45, 2.75) is 25.8 Å². The van der Waals surface area contributed by atoms with Crippen LogP contribution in [0.25, 0.3) is 0 Å². The Bertz CT molecular complexity index is 280. The largest absolute Gasteiger partial charge is 0.481 e. The minimum atomic E-state index is -0.877. The summed E-state index contributed by atoms with van der Waals surface area (Å²) in [5.41, 5.74) is 0. The predicted octanol–water partition coefficient (Wildman–Crippen LogP) is 1.24. The molecule has 0 aromatic rings. The third kappa shape index (κ3) is 4.85. The number of carbonyl (C=O) groups is 2. The molecule has 1 rings (SSSR count). The van der Waals surface area contributed by atoms with E-state index in [1.807, 2.05) is 11.8 Å². The number of carboxylic acid groups (broad SMARTS) is 1. The first-order valence-electron chi connectivity index (χ1n) is 5.83. The predicted molar refractivity (Wildman–Crippen MR) is 68.3 cm³/mol. The van der Waals surface area contributed by atoms with Gasteiger partial charge in [-0.15, -0.1) is 0 Å². The van der Waals surface area contributed by atoms with E-state index < -0.39 is 11.9 Å². The second kappa shape index (κ2) is 6.74. The molecule has 2 unspecified atom stereocenters. The maximum atomic E-state index is 11.8. The van der Waals surface area contributed by atoms with E-state index in [0.717, 1.165) is 24.3 Å². The highest BCUT2D eigenvalue weighted by molar-refractivity contribution is 7.99. The highest BCUT2D eigenvalue weighted by Gasteiger charge is 2.20. The third-order valence-electron chi connectivity index (χ3n) is 2.80. The van der Waals surface area contributed by atoms with E-state index in [9.17, 15) is 9.59 Å². The molecule has 0 aliphatic carbocycles. The molecule has 17 heavy (non-hydrogen) atoms. The first kappa shape index (κ1) is 14.2. The van der Waals surface area contributed by atoms with E-state index in [2.05, 4.69) is 5.32 Å². The van der Waals surface area contributed by atoms with Crippen LogP contribution in [-0.4, -0.2) is 53.1 Å². The van der Waals surface area contributed by atoms with Crippen molar-refractivity contribution in [3.05, 3.63) is 0 Å². The standard InChI is InChI=1S/C11H20N2O3S/c1-8(10(14)15)6-13(2)11(16)12-9-4-3-5-17-7-9/h8-9H,3-7H2,1-2H3,(H,12,16)(H,14,15). The number of nitrogens with zero attached hydrogens (tertiary/aromatic N) is 1. The molecular weight excluding hydrogens is 240 g/mol. The zero-order chi connectivity index (χ0) is 12.8. The van der Waals surface area contributed by atoms with Crippen molar-refractivity contribution < 1.29 is 14.7 Å². The number of carboxylic acids is 1. The number of rotatable bonds is 4. The number of carbonyl (C=O) groups excluding carboxylic acids is 1. The second-order valence-electron chi connectivity index (χ2n) is 4.48. The van der Waals surface area contributed by atoms with Gasteiger partial charge in [-0.2, -0.15) is 11.8 Å². The van der Waals surface area contributed by atoms with Gasteiger partial charge in [-0.25, -0.2) is 4.79 Å². The molecule has 0 aromatic heterocycles. The van der Waals surface area contributed by atoms with Crippen molar-refractivity contribution in [1.82, 2.24) is 10.2 Å². The van der Waals surface area contributed by atoms with Gasteiger partial charge in [-0.05, 0) is 18.6 Å². The molecule has 0 saturated carbocycles. The van der Waals surface area contributed by atoms with Crippen molar-refractivity contribution in [3.8, 4) is 0 Å². The monoisotopic (exact) mass is 260 g/mol. The van der Waals surface area contributed by atoms with Gasteiger partial charge in [0.15, 0.2) is 0 Å². The molecule has 0 bridgehead atoms. The Hall–Kier alpha value is -0.910. The van der Waals surface area contributed by atoms with Crippen LogP contribution in [0.5, 0.6) is 0 Å². The first-order valence-corrected chi connectivity index (χ1v) is 6.98. The smallest absolute Gasteiger partial charge is 0.317 e. The lowest BCUT2D eigenvalue weighted by Gasteiger charge is -2.26. The molecule has 5 nitrogen and oxygen atoms in total. The molecule has 2 amide bonds. The van der Waals surface area contributed by atoms with Gasteiger partial charge in [0.1, 0.15) is 0 Å². The molecule has 0 aromatic carbocycles. The van der Waals surface area contributed by atoms with Gasteiger partial charge in [-0.3, -0.25) is 4.79 Å². The summed E-state index contributed by atoms with van der Waals surface area (Å²) in [6.07, 6.45) is 2.14. The summed E-state index contributed by atoms with van der Waals surface area (Å²) in [6, 6.07) is 0.0504. The van der Waals surface area contributed by atoms with Crippen LogP contribution in [0.15, 0.2) is 0 Å². The summed E-state index contributed by atoms with van der Waals surface area (Å²) in [7, 11) is 1.63. The van der Waals surface area contributed by atoms with Gasteiger partial charge in [0, 0.05) is 25.4 Å². The van der Waals surface area contributed by atoms with Crippen molar-refractivity contribution in [1.29, 1.82) is 0 Å². The van der Waals surface area contributed by atoms with Crippen LogP contribution < -0.4 is 5.32 Å². The van der Waals surface area contributed by atoms with Gasteiger partial charge < -0.3 is 15.3 Å². The summed E-state index contributed by atoms with van der Waals surface area (Å²) in [5, 5.41) is 11.7. The quantitative estimate of drug-likeness (QED) is 0.798. The molecule has 1 fully saturated rings. The maximum Gasteiger partial charge on any atom is 0.317 e. The summed E-state index contributed by atoms with van der Waals surface area (Å²) < 4.78 is 0. The lowest BCUT2D eigenvalue weighted by molar-refractivity contribution is -0.141. The van der Waals surface area contributed by atoms with Crippen molar-refractivity contribution >= 4 is 23.8 Å². The van der Waals surface area contributed by atoms with Crippen LogP contribution in [0.1, 0.15) is 19.8 Å². The van der Waals surface area contributed by atoms with Crippen molar-refractivity contribution in [3.63, 3.8) is 0 Å². The fourth-order valence-electron chi connectivity index (χ4n) is 1.71. The van der Waals surface area contributed by atoms with Gasteiger partial charge in [0.25, 0.3) is 0 Å². The van der Waals surface area contributed by atoms with E-state index in [0.29, 0.717) is 0 Å². The number of aliphatic carboxylic acids is 1. The highest BCUT2D eigenvalue weighted by atomic mass is 32.2. The lowest BCUT2D eigenvalue weighted by Crippen LogP contribution is -2.46. The number of urea groups is 1. The molecular formula is C11H20N2O3S. The lowest BCUT2D eigenvalue weighted by atomic mass is 10.2. The number of nitrogens with one attached hydrogen (secondary N) is 1. The molecule has 2 N–H and O–H groups in total. The van der Waals surface area contributed by atoms with E-state index in [1.54, 1.807) is 14.0 Å². The molecule has 0 radical (unpaired) electrons. The zero-order valence-electron chi connectivity index (χ0n) is 10.3. The van der Waals surface area contributed by atoms with Crippen molar-refractivity contribution in [2.75, 3.05) is 25.1 Å². The summed E-state index contributed by atoms with van der Waals surface area (Å²) >= 11 is 1.85. The first-order chi connectivity index (χ1) is 8.00. The number of thioether (sulfide) groups is 1. The Morgan fingerprint density at radius 1 is 1.59 bits per heavy atom. The Labute approximate surface area is 106 Å². The molecule has 1 heterocycles. The van der Waals surface area contributed by atoms with Gasteiger partial charge >= 0.3 is 12.0 Å². The van der Waals surface area contributed by atoms with Gasteiger partial charge in [0.2, 0.25) is 0 Å². The maximum absolute atomic E-state index is 11.8. The van der Waals surface area contributed by atoms with Crippen LogP contribution in [0, 0.1) is 5.92 Å². The molecule has 2 atom stereocenters. The Kier molecular flexibility index (Phi) is 5.61. The SMILES string of the molecule is CC(CN(C)C(=O)NC1CCCSC1)C(=O)O. The Morgan fingerprint density at radius 2 is 2.29 bits per heavy atom. The fourth-order valence-corrected chi connectivity index (χ4v) is 2.78. The summed E-state index contributed by atoms with van der Waals surface area (Å²) in [4.78, 5) is 23.9. The average molecular weight is 260 g/mol. The molecule has 1 saturated heterocycles. The zero-order valence-corrected chi connectivity index (χ0v) is 11.1. The third-order valence-corrected chi connectivity index (χ3v) is 4.02. The summed E-state index contributed by atoms with van der Waals surface area (Å²) in [6.45, 7) is 1.84. The minimum absolute atomic E-state index is 0.175. The van der Waals surface area contributed by atoms with Crippen LogP contribution in [0.2, 0.25) is 0 Å². The van der Waals surface area contributed by atoms with E-state index in [1.165, 1.54) is 4.90 Å². The van der Waals surface area contributed by atoms with Crippen LogP contribution in [0.4, 0.5) is 4.79 Å². The molecule has 6 heteroatoms. The highest BCUT2D eigenvalue weighted by Crippen LogP contribution is 2.17. The average Bonchev–Trinajstić information content (AvgIpc) is 2.29. The normalized spacial score (nSPS) is 21.6. The second-order valence-corrected chi connectivity index (χ2v) is 5.63. The number of amides is 2. The fraction of sp³-hybridized carbons (Fsp3) is 0.818. The van der Waals surface area contributed by atoms with Gasteiger partial charge in [-0.1, -0.05) is 6.92 Å². The van der Waals surface area contributed by atoms with E-state index >= 15 is 0 Å². The Balaban J connectivity index is 2.33. The Morgan fingerprint density at radius 3 is 2.82 bits per heavy atom. The molecule has 1 aliphatic rings.